The fourth-order valence-electron chi connectivity index (χ4n) is 17.2. The van der Waals surface area contributed by atoms with Crippen molar-refractivity contribution in [2.75, 3.05) is 0 Å². The van der Waals surface area contributed by atoms with E-state index < -0.39 is 30.9 Å². The molecule has 0 aromatic heterocycles. The summed E-state index contributed by atoms with van der Waals surface area (Å²) in [7, 11) is 0. The van der Waals surface area contributed by atoms with E-state index in [0.717, 1.165) is 0 Å². The number of rotatable bonds is 10. The van der Waals surface area contributed by atoms with E-state index >= 15 is 0 Å². The van der Waals surface area contributed by atoms with Gasteiger partial charge in [-0.2, -0.15) is 0 Å². The van der Waals surface area contributed by atoms with Crippen LogP contribution in [0.3, 0.4) is 0 Å². The summed E-state index contributed by atoms with van der Waals surface area (Å²) in [6, 6.07) is 141. The molecule has 2 aliphatic rings. The molecule has 0 bridgehead atoms. The van der Waals surface area contributed by atoms with Gasteiger partial charge >= 0.3 is 594 Å². The van der Waals surface area contributed by atoms with Crippen molar-refractivity contribution in [2.45, 2.75) is 0 Å². The van der Waals surface area contributed by atoms with Gasteiger partial charge in [-0.15, -0.1) is 0 Å². The van der Waals surface area contributed by atoms with Crippen LogP contribution in [0.15, 0.2) is 376 Å². The molecule has 0 spiro atoms. The average Bonchev–Trinajstić information content (AvgIpc) is 0.940. The van der Waals surface area contributed by atoms with Gasteiger partial charge in [0.1, 0.15) is 0 Å². The van der Waals surface area contributed by atoms with Crippen LogP contribution in [-0.4, -0.2) is 63.9 Å². The van der Waals surface area contributed by atoms with Crippen molar-refractivity contribution in [3.05, 3.63) is 376 Å². The first kappa shape index (κ1) is 64.0. The Hall–Kier alpha value is -10.8. The summed E-state index contributed by atoms with van der Waals surface area (Å²) in [6.45, 7) is 0. The first-order valence-electron chi connectivity index (χ1n) is 36.5. The maximum absolute atomic E-state index is 2.51. The van der Waals surface area contributed by atoms with Crippen LogP contribution in [0, 0.1) is 0 Å². The Labute approximate surface area is 637 Å². The Morgan fingerprint density at radius 3 is 1.02 bits per heavy atom. The molecule has 0 saturated carbocycles. The van der Waals surface area contributed by atoms with Gasteiger partial charge in [0.15, 0.2) is 0 Å². The molecule has 18 aromatic carbocycles. The third-order valence-electron chi connectivity index (χ3n) is 22.2. The van der Waals surface area contributed by atoms with Crippen LogP contribution >= 0.6 is 0 Å². The van der Waals surface area contributed by atoms with Crippen LogP contribution < -0.4 is 26.4 Å². The molecule has 0 nitrogen and oxygen atoms in total. The molecule has 0 radical (unpaired) electrons. The van der Waals surface area contributed by atoms with Gasteiger partial charge in [0.05, 0.1) is 0 Å². The van der Waals surface area contributed by atoms with E-state index in [1.165, 1.54) is 185 Å². The van der Waals surface area contributed by atoms with Gasteiger partial charge < -0.3 is 0 Å². The first-order valence-corrected chi connectivity index (χ1v) is 46.6. The summed E-state index contributed by atoms with van der Waals surface area (Å²) in [5.74, 6) is 0. The molecule has 18 aromatic rings. The van der Waals surface area contributed by atoms with Gasteiger partial charge in [-0.1, -0.05) is 48.5 Å². The molecule has 2 heterocycles. The quantitative estimate of drug-likeness (QED) is 0.0946. The number of benzene rings is 18. The van der Waals surface area contributed by atoms with E-state index in [0.29, 0.717) is 33.0 Å². The second-order valence-electron chi connectivity index (χ2n) is 28.1. The second-order valence-corrected chi connectivity index (χ2v) is 40.4. The van der Waals surface area contributed by atoms with Crippen molar-refractivity contribution in [2.24, 2.45) is 0 Å². The van der Waals surface area contributed by atoms with Crippen LogP contribution in [-0.2, 0) is 0 Å². The summed E-state index contributed by atoms with van der Waals surface area (Å²) in [5, 5.41) is 10.4. The van der Waals surface area contributed by atoms with E-state index in [9.17, 15) is 0 Å². The number of hydrogen-bond acceptors (Lipinski definition) is 0. The normalized spacial score (nSPS) is 12.4. The predicted molar refractivity (Wildman–Crippen MR) is 463 cm³/mol. The molecule has 0 saturated heterocycles. The number of fused-ring (bicyclic) bond motifs is 10. The van der Waals surface area contributed by atoms with E-state index in [4.69, 9.17) is 0 Å². The van der Waals surface area contributed by atoms with Crippen LogP contribution in [0.1, 0.15) is 0 Å². The molecule has 488 valence electrons. The first-order chi connectivity index (χ1) is 51.4. The van der Waals surface area contributed by atoms with Crippen LogP contribution in [0.5, 0.6) is 0 Å². The zero-order valence-corrected chi connectivity index (χ0v) is 72.5. The Bertz CT molecular complexity index is 6410. The second kappa shape index (κ2) is 27.4. The molecule has 0 N–H and O–H groups in total. The molecular weight excluding hydrogens is 1490 g/mol. The molecule has 0 amide bonds. The molecule has 0 aliphatic carbocycles. The van der Waals surface area contributed by atoms with Crippen molar-refractivity contribution < 1.29 is 0 Å². The maximum atomic E-state index is 2.51. The molecule has 4 heteroatoms. The van der Waals surface area contributed by atoms with E-state index in [1.807, 2.05) is 0 Å². The van der Waals surface area contributed by atoms with Gasteiger partial charge in [0.2, 0.25) is 0 Å². The van der Waals surface area contributed by atoms with Gasteiger partial charge in [-0.05, 0) is 0 Å². The minimum atomic E-state index is -1.16. The minimum absolute atomic E-state index is 0.568. The predicted octanol–water partition coefficient (Wildman–Crippen LogP) is 18.8. The van der Waals surface area contributed by atoms with Gasteiger partial charge in [-0.25, -0.2) is 0 Å². The average molecular weight is 1560 g/mol. The summed E-state index contributed by atoms with van der Waals surface area (Å²) < 4.78 is 9.35. The van der Waals surface area contributed by atoms with Crippen molar-refractivity contribution in [1.29, 1.82) is 0 Å². The Morgan fingerprint density at radius 2 is 0.471 bits per heavy atom. The van der Waals surface area contributed by atoms with Gasteiger partial charge in [-0.3, -0.25) is 0 Å². The fraction of sp³-hybridized carbons (Fsp3) is 0. The Morgan fingerprint density at radius 1 is 0.154 bits per heavy atom. The monoisotopic (exact) mass is 1570 g/mol. The molecular formula is C100H72Ge4. The molecule has 2 aliphatic heterocycles. The molecule has 0 atom stereocenters. The SMILES string of the molecule is [GeH3][c]1ccccc1-c1cccc(-c2cccc3c(-c4ccc(-c5ccccc5)cc4)c4cccc(-c5cccc6[c]5[GeH2][c]5ccccc5-6)c4cc23)c1.[GeH3][c]1ccccc1-c1ccccc1-c1cccc2c(-c3ccc(-c4ccccc4)cc3)c3cccc(-c4ccc[c]5c4-c4cccc[c]4[GeH2]5)c3cc12. The van der Waals surface area contributed by atoms with Crippen LogP contribution in [0.2, 0.25) is 0 Å². The van der Waals surface area contributed by atoms with E-state index in [1.54, 1.807) is 17.6 Å². The third kappa shape index (κ3) is 11.5. The van der Waals surface area contributed by atoms with Crippen LogP contribution in [0.4, 0.5) is 0 Å². The van der Waals surface area contributed by atoms with Gasteiger partial charge in [0, 0.05) is 0 Å². The van der Waals surface area contributed by atoms with Crippen molar-refractivity contribution in [3.63, 3.8) is 0 Å². The molecule has 20 rings (SSSR count). The molecule has 104 heavy (non-hydrogen) atoms. The molecule has 0 fully saturated rings. The van der Waals surface area contributed by atoms with Crippen molar-refractivity contribution >= 4 is 133 Å². The topological polar surface area (TPSA) is 0 Å². The van der Waals surface area contributed by atoms with Gasteiger partial charge in [0.25, 0.3) is 0 Å². The van der Waals surface area contributed by atoms with E-state index in [-0.39, 0.29) is 0 Å². The fourth-order valence-corrected chi connectivity index (χ4v) is 28.5. The van der Waals surface area contributed by atoms with Crippen molar-refractivity contribution in [1.82, 2.24) is 0 Å². The third-order valence-corrected chi connectivity index (χ3v) is 34.4. The molecule has 0 unspecified atom stereocenters. The zero-order chi connectivity index (χ0) is 69.2. The summed E-state index contributed by atoms with van der Waals surface area (Å²) in [4.78, 5) is 0. The summed E-state index contributed by atoms with van der Waals surface area (Å²) in [5.41, 5.74) is 31.7. The summed E-state index contributed by atoms with van der Waals surface area (Å²) >= 11 is -1.04. The van der Waals surface area contributed by atoms with Crippen molar-refractivity contribution in [3.8, 4) is 134 Å². The van der Waals surface area contributed by atoms with Crippen LogP contribution in [0.25, 0.3) is 177 Å². The Kier molecular flexibility index (Phi) is 16.9. The van der Waals surface area contributed by atoms with E-state index in [2.05, 4.69) is 376 Å². The number of hydrogen-bond donors (Lipinski definition) is 0. The standard InChI is InChI=1S/2C50H36Ge2/c51-47-24-6-4-16-38(47)36-15-8-14-35(30-36)37-18-9-20-41-45(37)31-46-39(43-22-11-23-44-40-17-5-7-25-48(40)52-50(43)44)19-10-21-42(46)49(41)34-28-26-33(27-29-34)32-12-2-1-3-13-32;51-46-24-8-6-17-39(46)36-16-5-4-15-35(36)37-19-10-21-41-44(37)31-45-38(40-23-12-26-48-50(40)43-18-7-9-25-47(43)52-48)20-11-22-42(45)49(41)34-29-27-33(28-30-34)32-13-2-1-3-14-32/h2*1-31H,52H2,51H3. The zero-order valence-electron chi connectivity index (χ0n) is 58.2. The Balaban J connectivity index is 0.000000143. The summed E-state index contributed by atoms with van der Waals surface area (Å²) in [6.07, 6.45) is 0.